The van der Waals surface area contributed by atoms with Crippen molar-refractivity contribution in [3.63, 3.8) is 0 Å². The molecule has 1 rings (SSSR count). The number of hydrogen-bond acceptors (Lipinski definition) is 4. The van der Waals surface area contributed by atoms with Crippen molar-refractivity contribution >= 4 is 17.6 Å². The molecule has 0 amide bonds. The van der Waals surface area contributed by atoms with Gasteiger partial charge in [0.1, 0.15) is 10.7 Å². The van der Waals surface area contributed by atoms with E-state index in [0.717, 1.165) is 11.3 Å². The third-order valence-electron chi connectivity index (χ3n) is 2.24. The van der Waals surface area contributed by atoms with Gasteiger partial charge in [-0.15, -0.1) is 11.3 Å². The van der Waals surface area contributed by atoms with Crippen molar-refractivity contribution in [3.8, 4) is 0 Å². The first-order chi connectivity index (χ1) is 5.98. The number of nitrogens with zero attached hydrogens (tertiary/aromatic N) is 1. The highest BCUT2D eigenvalue weighted by molar-refractivity contribution is 7.10. The summed E-state index contributed by atoms with van der Waals surface area (Å²) in [6, 6.07) is 0. The Labute approximate surface area is 81.4 Å². The molecule has 1 aromatic heterocycles. The van der Waals surface area contributed by atoms with Crippen LogP contribution < -0.4 is 0 Å². The Morgan fingerprint density at radius 1 is 1.69 bits per heavy atom. The van der Waals surface area contributed by atoms with Gasteiger partial charge in [0.25, 0.3) is 0 Å². The topological polar surface area (TPSA) is 50.2 Å². The van der Waals surface area contributed by atoms with Gasteiger partial charge < -0.3 is 5.11 Å². The molecule has 4 heteroatoms. The van der Waals surface area contributed by atoms with Gasteiger partial charge in [-0.25, -0.2) is 4.98 Å². The number of aldehydes is 1. The highest BCUT2D eigenvalue weighted by atomic mass is 32.1. The summed E-state index contributed by atoms with van der Waals surface area (Å²) in [5.41, 5.74) is 0.0556. The Morgan fingerprint density at radius 2 is 2.31 bits per heavy atom. The molecule has 0 aromatic carbocycles. The van der Waals surface area contributed by atoms with Gasteiger partial charge in [0.05, 0.1) is 6.10 Å². The molecule has 0 unspecified atom stereocenters. The first kappa shape index (κ1) is 10.3. The molecular weight excluding hydrogens is 186 g/mol. The maximum atomic E-state index is 10.4. The molecular formula is C9H13NO2S. The lowest BCUT2D eigenvalue weighted by Gasteiger charge is -2.24. The van der Waals surface area contributed by atoms with Crippen molar-refractivity contribution in [2.24, 2.45) is 0 Å². The van der Waals surface area contributed by atoms with Crippen LogP contribution in [0.2, 0.25) is 0 Å². The van der Waals surface area contributed by atoms with E-state index in [2.05, 4.69) is 4.98 Å². The molecule has 0 saturated carbocycles. The van der Waals surface area contributed by atoms with Crippen LogP contribution in [-0.2, 0) is 5.41 Å². The van der Waals surface area contributed by atoms with Crippen molar-refractivity contribution < 1.29 is 9.90 Å². The molecule has 13 heavy (non-hydrogen) atoms. The molecule has 1 N–H and O–H groups in total. The summed E-state index contributed by atoms with van der Waals surface area (Å²) >= 11 is 1.41. The first-order valence-electron chi connectivity index (χ1n) is 4.07. The van der Waals surface area contributed by atoms with E-state index in [1.807, 2.05) is 13.8 Å². The van der Waals surface area contributed by atoms with Gasteiger partial charge >= 0.3 is 0 Å². The quantitative estimate of drug-likeness (QED) is 0.752. The van der Waals surface area contributed by atoms with E-state index in [-0.39, 0.29) is 5.41 Å². The van der Waals surface area contributed by atoms with E-state index in [1.165, 1.54) is 11.3 Å². The molecule has 1 atom stereocenters. The lowest BCUT2D eigenvalue weighted by atomic mass is 9.88. The summed E-state index contributed by atoms with van der Waals surface area (Å²) in [5.74, 6) is 0. The zero-order chi connectivity index (χ0) is 10.1. The van der Waals surface area contributed by atoms with Crippen LogP contribution in [-0.4, -0.2) is 22.5 Å². The number of thiazole rings is 1. The number of aromatic nitrogens is 1. The fraction of sp³-hybridized carbons (Fsp3) is 0.556. The second-order valence-corrected chi connectivity index (χ2v) is 4.45. The number of carbonyl (C=O) groups is 1. The van der Waals surface area contributed by atoms with Crippen LogP contribution in [0.1, 0.15) is 36.3 Å². The Hall–Kier alpha value is -0.740. The van der Waals surface area contributed by atoms with Gasteiger partial charge in [-0.1, -0.05) is 13.8 Å². The third kappa shape index (κ3) is 1.95. The Balaban J connectivity index is 3.00. The number of aliphatic hydroxyl groups excluding tert-OH is 1. The summed E-state index contributed by atoms with van der Waals surface area (Å²) in [7, 11) is 0. The molecule has 3 nitrogen and oxygen atoms in total. The Kier molecular flexibility index (Phi) is 2.83. The number of hydrogen-bond donors (Lipinski definition) is 1. The van der Waals surface area contributed by atoms with Crippen LogP contribution in [0.4, 0.5) is 0 Å². The highest BCUT2D eigenvalue weighted by Gasteiger charge is 2.29. The molecule has 0 aliphatic rings. The molecule has 0 aliphatic heterocycles. The predicted molar refractivity (Wildman–Crippen MR) is 52.2 cm³/mol. The molecule has 0 radical (unpaired) electrons. The van der Waals surface area contributed by atoms with Crippen LogP contribution >= 0.6 is 11.3 Å². The van der Waals surface area contributed by atoms with Crippen molar-refractivity contribution in [1.82, 2.24) is 4.98 Å². The maximum Gasteiger partial charge on any atom is 0.169 e. The standard InChI is InChI=1S/C9H13NO2S/c1-6(12)9(2,3)8-10-7(4-11)5-13-8/h4-6,12H,1-3H3/t6-/m0/s1. The average Bonchev–Trinajstić information content (AvgIpc) is 2.51. The molecule has 0 fully saturated rings. The summed E-state index contributed by atoms with van der Waals surface area (Å²) in [6.07, 6.45) is 0.246. The van der Waals surface area contributed by atoms with Crippen LogP contribution in [0.3, 0.4) is 0 Å². The summed E-state index contributed by atoms with van der Waals surface area (Å²) in [4.78, 5) is 14.5. The van der Waals surface area contributed by atoms with Gasteiger partial charge in [-0.3, -0.25) is 4.79 Å². The molecule has 0 saturated heterocycles. The molecule has 1 aromatic rings. The monoisotopic (exact) mass is 199 g/mol. The molecule has 0 aliphatic carbocycles. The minimum absolute atomic E-state index is 0.383. The van der Waals surface area contributed by atoms with Crippen LogP contribution in [0.15, 0.2) is 5.38 Å². The van der Waals surface area contributed by atoms with E-state index in [4.69, 9.17) is 0 Å². The lowest BCUT2D eigenvalue weighted by molar-refractivity contribution is 0.111. The fourth-order valence-corrected chi connectivity index (χ4v) is 1.79. The van der Waals surface area contributed by atoms with Crippen LogP contribution in [0.25, 0.3) is 0 Å². The SMILES string of the molecule is C[C@H](O)C(C)(C)c1nc(C=O)cs1. The molecule has 1 heterocycles. The average molecular weight is 199 g/mol. The maximum absolute atomic E-state index is 10.4. The van der Waals surface area contributed by atoms with Crippen LogP contribution in [0, 0.1) is 0 Å². The largest absolute Gasteiger partial charge is 0.392 e. The van der Waals surface area contributed by atoms with Gasteiger partial charge in [0.15, 0.2) is 6.29 Å². The van der Waals surface area contributed by atoms with Crippen molar-refractivity contribution in [2.45, 2.75) is 32.3 Å². The third-order valence-corrected chi connectivity index (χ3v) is 3.44. The smallest absolute Gasteiger partial charge is 0.169 e. The summed E-state index contributed by atoms with van der Waals surface area (Å²) < 4.78 is 0. The normalized spacial score (nSPS) is 14.2. The van der Waals surface area contributed by atoms with Crippen molar-refractivity contribution in [3.05, 3.63) is 16.1 Å². The second kappa shape index (κ2) is 3.55. The number of aliphatic hydroxyl groups is 1. The minimum atomic E-state index is -0.474. The first-order valence-corrected chi connectivity index (χ1v) is 4.95. The molecule has 72 valence electrons. The van der Waals surface area contributed by atoms with E-state index >= 15 is 0 Å². The minimum Gasteiger partial charge on any atom is -0.392 e. The van der Waals surface area contributed by atoms with E-state index in [9.17, 15) is 9.90 Å². The van der Waals surface area contributed by atoms with Crippen molar-refractivity contribution in [1.29, 1.82) is 0 Å². The van der Waals surface area contributed by atoms with Gasteiger partial charge in [0, 0.05) is 10.8 Å². The van der Waals surface area contributed by atoms with E-state index in [1.54, 1.807) is 12.3 Å². The lowest BCUT2D eigenvalue weighted by Crippen LogP contribution is -2.30. The van der Waals surface area contributed by atoms with E-state index < -0.39 is 6.10 Å². The van der Waals surface area contributed by atoms with Gasteiger partial charge in [-0.05, 0) is 6.92 Å². The Bertz CT molecular complexity index is 304. The zero-order valence-electron chi connectivity index (χ0n) is 7.94. The fourth-order valence-electron chi connectivity index (χ4n) is 0.815. The van der Waals surface area contributed by atoms with E-state index in [0.29, 0.717) is 5.69 Å². The predicted octanol–water partition coefficient (Wildman–Crippen LogP) is 1.61. The molecule has 0 spiro atoms. The van der Waals surface area contributed by atoms with Crippen molar-refractivity contribution in [2.75, 3.05) is 0 Å². The highest BCUT2D eigenvalue weighted by Crippen LogP contribution is 2.29. The zero-order valence-corrected chi connectivity index (χ0v) is 8.76. The number of rotatable bonds is 3. The Morgan fingerprint density at radius 3 is 2.69 bits per heavy atom. The summed E-state index contributed by atoms with van der Waals surface area (Å²) in [5, 5.41) is 12.0. The molecule has 0 bridgehead atoms. The number of carbonyl (C=O) groups excluding carboxylic acids is 1. The van der Waals surface area contributed by atoms with Gasteiger partial charge in [0.2, 0.25) is 0 Å². The van der Waals surface area contributed by atoms with Crippen LogP contribution in [0.5, 0.6) is 0 Å². The van der Waals surface area contributed by atoms with Gasteiger partial charge in [-0.2, -0.15) is 0 Å². The second-order valence-electron chi connectivity index (χ2n) is 3.59. The summed E-state index contributed by atoms with van der Waals surface area (Å²) in [6.45, 7) is 5.54.